The van der Waals surface area contributed by atoms with E-state index in [1.165, 1.54) is 13.4 Å². The van der Waals surface area contributed by atoms with Crippen molar-refractivity contribution >= 4 is 29.0 Å². The highest BCUT2D eigenvalue weighted by atomic mass is 35.5. The number of fused-ring (bicyclic) bond motifs is 1. The molecule has 5 rings (SSSR count). The number of hydrogen-bond donors (Lipinski definition) is 1. The Morgan fingerprint density at radius 2 is 1.97 bits per heavy atom. The average molecular weight is 453 g/mol. The highest BCUT2D eigenvalue weighted by Crippen LogP contribution is 2.37. The second-order valence-corrected chi connectivity index (χ2v) is 8.06. The second-order valence-electron chi connectivity index (χ2n) is 7.63. The summed E-state index contributed by atoms with van der Waals surface area (Å²) in [5, 5.41) is 12.4. The van der Waals surface area contributed by atoms with Crippen molar-refractivity contribution < 1.29 is 9.53 Å². The van der Waals surface area contributed by atoms with Gasteiger partial charge in [0.05, 0.1) is 25.0 Å². The predicted molar refractivity (Wildman–Crippen MR) is 120 cm³/mol. The van der Waals surface area contributed by atoms with Crippen molar-refractivity contribution in [3.8, 4) is 22.5 Å². The Kier molecular flexibility index (Phi) is 4.93. The minimum absolute atomic E-state index is 0.00652. The van der Waals surface area contributed by atoms with Crippen LogP contribution in [0.4, 0.5) is 10.6 Å². The molecule has 1 N–H and O–H groups in total. The molecule has 0 radical (unpaired) electrons. The number of imidazole rings is 1. The fourth-order valence-electron chi connectivity index (χ4n) is 4.01. The number of nitrogens with one attached hydrogen (secondary N) is 1. The van der Waals surface area contributed by atoms with Gasteiger partial charge in [-0.15, -0.1) is 0 Å². The lowest BCUT2D eigenvalue weighted by Crippen LogP contribution is -2.59. The standard InChI is InChI=1S/C21H21ClN8O2/c1-12-26-17(16-8-24-28(2)18(16)13-4-6-14(22)7-5-13)19-20(23-11-25-30(12)19)29-9-15(10-29)27-21(31)32-3/h4-8,11,15H,9-10H2,1-3H3,(H,27,31). The lowest BCUT2D eigenvalue weighted by molar-refractivity contribution is 0.164. The average Bonchev–Trinajstić information content (AvgIpc) is 3.31. The zero-order valence-corrected chi connectivity index (χ0v) is 18.5. The van der Waals surface area contributed by atoms with Gasteiger partial charge in [-0.1, -0.05) is 23.7 Å². The first-order valence-electron chi connectivity index (χ1n) is 10.0. The van der Waals surface area contributed by atoms with E-state index < -0.39 is 6.09 Å². The Bertz CT molecular complexity index is 1310. The summed E-state index contributed by atoms with van der Waals surface area (Å²) in [6, 6.07) is 7.63. The van der Waals surface area contributed by atoms with Gasteiger partial charge in [0.1, 0.15) is 23.4 Å². The number of benzene rings is 1. The van der Waals surface area contributed by atoms with E-state index in [9.17, 15) is 4.79 Å². The fraction of sp³-hybridized carbons (Fsp3) is 0.286. The molecule has 1 fully saturated rings. The summed E-state index contributed by atoms with van der Waals surface area (Å²) >= 11 is 6.09. The number of aryl methyl sites for hydroxylation is 2. The Labute approximate surface area is 188 Å². The summed E-state index contributed by atoms with van der Waals surface area (Å²) in [5.41, 5.74) is 4.32. The minimum atomic E-state index is -0.439. The number of hydrogen-bond acceptors (Lipinski definition) is 7. The van der Waals surface area contributed by atoms with E-state index in [1.54, 1.807) is 10.7 Å². The molecule has 4 aromatic rings. The maximum Gasteiger partial charge on any atom is 0.407 e. The van der Waals surface area contributed by atoms with E-state index in [0.717, 1.165) is 39.7 Å². The van der Waals surface area contributed by atoms with Gasteiger partial charge in [-0.3, -0.25) is 4.68 Å². The largest absolute Gasteiger partial charge is 0.453 e. The third kappa shape index (κ3) is 3.32. The molecule has 0 bridgehead atoms. The Morgan fingerprint density at radius 3 is 2.69 bits per heavy atom. The summed E-state index contributed by atoms with van der Waals surface area (Å²) < 4.78 is 8.30. The number of carbonyl (C=O) groups is 1. The number of carbonyl (C=O) groups excluding carboxylic acids is 1. The molecule has 3 aromatic heterocycles. The van der Waals surface area contributed by atoms with Crippen LogP contribution in [0.15, 0.2) is 36.8 Å². The number of amides is 1. The molecule has 11 heteroatoms. The molecule has 1 saturated heterocycles. The number of rotatable bonds is 4. The Hall–Kier alpha value is -3.66. The van der Waals surface area contributed by atoms with Crippen LogP contribution in [0.2, 0.25) is 5.02 Å². The summed E-state index contributed by atoms with van der Waals surface area (Å²) in [4.78, 5) is 23.0. The maximum absolute atomic E-state index is 11.5. The molecule has 0 spiro atoms. The molecule has 1 aliphatic heterocycles. The van der Waals surface area contributed by atoms with Crippen LogP contribution < -0.4 is 10.2 Å². The Morgan fingerprint density at radius 1 is 1.22 bits per heavy atom. The zero-order chi connectivity index (χ0) is 22.4. The molecule has 0 unspecified atom stereocenters. The molecule has 0 saturated carbocycles. The van der Waals surface area contributed by atoms with E-state index in [0.29, 0.717) is 18.1 Å². The lowest BCUT2D eigenvalue weighted by Gasteiger charge is -2.40. The van der Waals surface area contributed by atoms with Crippen LogP contribution in [0.1, 0.15) is 5.82 Å². The number of halogens is 1. The molecular weight excluding hydrogens is 432 g/mol. The molecular formula is C21H21ClN8O2. The molecule has 4 heterocycles. The molecule has 1 aromatic carbocycles. The quantitative estimate of drug-likeness (QED) is 0.507. The van der Waals surface area contributed by atoms with Crippen LogP contribution in [-0.2, 0) is 11.8 Å². The third-order valence-corrected chi connectivity index (χ3v) is 5.83. The van der Waals surface area contributed by atoms with E-state index in [2.05, 4.69) is 30.1 Å². The van der Waals surface area contributed by atoms with Gasteiger partial charge in [0.25, 0.3) is 0 Å². The van der Waals surface area contributed by atoms with Crippen LogP contribution in [0.25, 0.3) is 28.0 Å². The molecule has 164 valence electrons. The van der Waals surface area contributed by atoms with E-state index in [4.69, 9.17) is 16.6 Å². The van der Waals surface area contributed by atoms with Gasteiger partial charge in [0.15, 0.2) is 5.82 Å². The van der Waals surface area contributed by atoms with Crippen LogP contribution >= 0.6 is 11.6 Å². The summed E-state index contributed by atoms with van der Waals surface area (Å²) in [6.07, 6.45) is 2.89. The highest BCUT2D eigenvalue weighted by Gasteiger charge is 2.32. The van der Waals surface area contributed by atoms with Crippen molar-refractivity contribution in [2.75, 3.05) is 25.1 Å². The monoisotopic (exact) mass is 452 g/mol. The van der Waals surface area contributed by atoms with Gasteiger partial charge in [0.2, 0.25) is 0 Å². The first kappa shape index (κ1) is 20.3. The van der Waals surface area contributed by atoms with E-state index in [1.807, 2.05) is 42.9 Å². The lowest BCUT2D eigenvalue weighted by atomic mass is 10.0. The van der Waals surface area contributed by atoms with Gasteiger partial charge in [0, 0.05) is 36.3 Å². The van der Waals surface area contributed by atoms with Crippen molar-refractivity contribution in [2.24, 2.45) is 7.05 Å². The van der Waals surface area contributed by atoms with Crippen molar-refractivity contribution in [2.45, 2.75) is 13.0 Å². The molecule has 10 nitrogen and oxygen atoms in total. The normalized spacial score (nSPS) is 13.9. The zero-order valence-electron chi connectivity index (χ0n) is 17.8. The van der Waals surface area contributed by atoms with Gasteiger partial charge in [-0.05, 0) is 19.1 Å². The predicted octanol–water partition coefficient (Wildman–Crippen LogP) is 2.70. The smallest absolute Gasteiger partial charge is 0.407 e. The first-order valence-corrected chi connectivity index (χ1v) is 10.4. The number of aromatic nitrogens is 6. The second kappa shape index (κ2) is 7.79. The van der Waals surface area contributed by atoms with Crippen molar-refractivity contribution in [3.63, 3.8) is 0 Å². The highest BCUT2D eigenvalue weighted by molar-refractivity contribution is 6.30. The number of anilines is 1. The van der Waals surface area contributed by atoms with E-state index >= 15 is 0 Å². The van der Waals surface area contributed by atoms with Crippen LogP contribution in [0.3, 0.4) is 0 Å². The summed E-state index contributed by atoms with van der Waals surface area (Å²) in [5.74, 6) is 1.50. The Balaban J connectivity index is 1.59. The van der Waals surface area contributed by atoms with Crippen LogP contribution in [0, 0.1) is 6.92 Å². The van der Waals surface area contributed by atoms with Gasteiger partial charge >= 0.3 is 6.09 Å². The molecule has 1 amide bonds. The minimum Gasteiger partial charge on any atom is -0.453 e. The van der Waals surface area contributed by atoms with Crippen molar-refractivity contribution in [3.05, 3.63) is 47.6 Å². The summed E-state index contributed by atoms with van der Waals surface area (Å²) in [7, 11) is 3.25. The third-order valence-electron chi connectivity index (χ3n) is 5.58. The van der Waals surface area contributed by atoms with E-state index in [-0.39, 0.29) is 6.04 Å². The van der Waals surface area contributed by atoms with Crippen LogP contribution in [0.5, 0.6) is 0 Å². The SMILES string of the molecule is COC(=O)NC1CN(c2ncnn3c(C)nc(-c4cnn(C)c4-c4ccc(Cl)cc4)c23)C1. The topological polar surface area (TPSA) is 102 Å². The molecule has 0 atom stereocenters. The van der Waals surface area contributed by atoms with Gasteiger partial charge < -0.3 is 15.0 Å². The summed E-state index contributed by atoms with van der Waals surface area (Å²) in [6.45, 7) is 3.13. The number of alkyl carbamates (subject to hydrolysis) is 1. The number of nitrogens with zero attached hydrogens (tertiary/aromatic N) is 7. The fourth-order valence-corrected chi connectivity index (χ4v) is 4.13. The maximum atomic E-state index is 11.5. The molecule has 0 aliphatic carbocycles. The first-order chi connectivity index (χ1) is 15.5. The van der Waals surface area contributed by atoms with Crippen molar-refractivity contribution in [1.29, 1.82) is 0 Å². The number of methoxy groups -OCH3 is 1. The number of ether oxygens (including phenoxy) is 1. The van der Waals surface area contributed by atoms with Crippen LogP contribution in [-0.4, -0.2) is 61.7 Å². The van der Waals surface area contributed by atoms with Gasteiger partial charge in [-0.25, -0.2) is 19.3 Å². The molecule has 32 heavy (non-hydrogen) atoms. The van der Waals surface area contributed by atoms with Gasteiger partial charge in [-0.2, -0.15) is 10.2 Å². The van der Waals surface area contributed by atoms with Crippen molar-refractivity contribution in [1.82, 2.24) is 34.7 Å². The molecule has 1 aliphatic rings.